The van der Waals surface area contributed by atoms with Gasteiger partial charge in [-0.3, -0.25) is 4.90 Å². The first-order valence-corrected chi connectivity index (χ1v) is 7.03. The van der Waals surface area contributed by atoms with Crippen molar-refractivity contribution < 1.29 is 13.2 Å². The van der Waals surface area contributed by atoms with Gasteiger partial charge in [0.2, 0.25) is 0 Å². The van der Waals surface area contributed by atoms with E-state index in [1.54, 1.807) is 0 Å². The summed E-state index contributed by atoms with van der Waals surface area (Å²) in [4.78, 5) is 1.47. The van der Waals surface area contributed by atoms with Crippen molar-refractivity contribution in [1.82, 2.24) is 4.90 Å². The minimum Gasteiger partial charge on any atom is -0.382 e. The predicted molar refractivity (Wildman–Crippen MR) is 73.3 cm³/mol. The highest BCUT2D eigenvalue weighted by Gasteiger charge is 2.32. The van der Waals surface area contributed by atoms with Crippen LogP contribution in [-0.2, 0) is 0 Å². The minimum atomic E-state index is -4.09. The molecule has 0 bridgehead atoms. The van der Waals surface area contributed by atoms with E-state index in [4.69, 9.17) is 0 Å². The average Bonchev–Trinajstić information content (AvgIpc) is 2.30. The van der Waals surface area contributed by atoms with Gasteiger partial charge in [0.05, 0.1) is 6.54 Å². The summed E-state index contributed by atoms with van der Waals surface area (Å²) in [6, 6.07) is 8.07. The molecule has 0 atom stereocenters. The van der Waals surface area contributed by atoms with Crippen molar-refractivity contribution in [1.29, 1.82) is 0 Å². The summed E-state index contributed by atoms with van der Waals surface area (Å²) < 4.78 is 37.8. The Hall–Kier alpha value is -0.750. The molecular weight excluding hydrogens is 321 g/mol. The number of hydrogen-bond acceptors (Lipinski definition) is 2. The molecule has 0 unspecified atom stereocenters. The average molecular weight is 337 g/mol. The smallest absolute Gasteiger partial charge is 0.382 e. The zero-order valence-corrected chi connectivity index (χ0v) is 12.0. The molecule has 0 spiro atoms. The molecule has 0 radical (unpaired) electrons. The Morgan fingerprint density at radius 3 is 2.53 bits per heavy atom. The number of alkyl halides is 3. The number of nitrogens with zero attached hydrogens (tertiary/aromatic N) is 1. The SMILES string of the molecule is FC(F)(F)CN1CCC(Nc2cccc(Br)c2)CC1. The lowest BCUT2D eigenvalue weighted by molar-refractivity contribution is -0.147. The number of rotatable bonds is 3. The lowest BCUT2D eigenvalue weighted by Gasteiger charge is -2.33. The van der Waals surface area contributed by atoms with Crippen LogP contribution in [0.25, 0.3) is 0 Å². The lowest BCUT2D eigenvalue weighted by Crippen LogP contribution is -2.43. The molecule has 0 aliphatic carbocycles. The topological polar surface area (TPSA) is 15.3 Å². The van der Waals surface area contributed by atoms with Crippen LogP contribution in [0.2, 0.25) is 0 Å². The summed E-state index contributed by atoms with van der Waals surface area (Å²) in [6.07, 6.45) is -2.62. The fourth-order valence-corrected chi connectivity index (χ4v) is 2.70. The fraction of sp³-hybridized carbons (Fsp3) is 0.538. The van der Waals surface area contributed by atoms with Crippen LogP contribution in [0.1, 0.15) is 12.8 Å². The normalized spacial score (nSPS) is 18.5. The molecule has 1 fully saturated rings. The second-order valence-electron chi connectivity index (χ2n) is 4.82. The highest BCUT2D eigenvalue weighted by molar-refractivity contribution is 9.10. The first kappa shape index (κ1) is 14.7. The Morgan fingerprint density at radius 2 is 1.95 bits per heavy atom. The zero-order chi connectivity index (χ0) is 13.9. The zero-order valence-electron chi connectivity index (χ0n) is 10.4. The van der Waals surface area contributed by atoms with E-state index < -0.39 is 12.7 Å². The van der Waals surface area contributed by atoms with Gasteiger partial charge >= 0.3 is 6.18 Å². The maximum Gasteiger partial charge on any atom is 0.401 e. The van der Waals surface area contributed by atoms with E-state index in [2.05, 4.69) is 21.2 Å². The molecule has 1 heterocycles. The molecule has 1 aliphatic rings. The summed E-state index contributed by atoms with van der Waals surface area (Å²) in [5, 5.41) is 3.37. The molecule has 0 amide bonds. The van der Waals surface area contributed by atoms with Crippen molar-refractivity contribution in [2.75, 3.05) is 25.0 Å². The van der Waals surface area contributed by atoms with Crippen molar-refractivity contribution in [3.63, 3.8) is 0 Å². The van der Waals surface area contributed by atoms with E-state index in [0.717, 1.165) is 23.0 Å². The van der Waals surface area contributed by atoms with Gasteiger partial charge in [-0.15, -0.1) is 0 Å². The van der Waals surface area contributed by atoms with Gasteiger partial charge in [-0.2, -0.15) is 13.2 Å². The maximum absolute atomic E-state index is 12.3. The first-order chi connectivity index (χ1) is 8.92. The predicted octanol–water partition coefficient (Wildman–Crippen LogP) is 3.89. The lowest BCUT2D eigenvalue weighted by atomic mass is 10.0. The van der Waals surface area contributed by atoms with Gasteiger partial charge in [0, 0.05) is 29.3 Å². The van der Waals surface area contributed by atoms with E-state index in [1.807, 2.05) is 24.3 Å². The van der Waals surface area contributed by atoms with Crippen LogP contribution in [0.4, 0.5) is 18.9 Å². The van der Waals surface area contributed by atoms with Crippen LogP contribution >= 0.6 is 15.9 Å². The number of benzene rings is 1. The highest BCUT2D eigenvalue weighted by atomic mass is 79.9. The second kappa shape index (κ2) is 6.13. The van der Waals surface area contributed by atoms with Crippen molar-refractivity contribution in [2.45, 2.75) is 25.1 Å². The Morgan fingerprint density at radius 1 is 1.26 bits per heavy atom. The summed E-state index contributed by atoms with van der Waals surface area (Å²) >= 11 is 3.40. The third kappa shape index (κ3) is 5.03. The number of halogens is 4. The van der Waals surface area contributed by atoms with E-state index in [0.29, 0.717) is 13.1 Å². The van der Waals surface area contributed by atoms with Gasteiger partial charge in [0.15, 0.2) is 0 Å². The van der Waals surface area contributed by atoms with Crippen LogP contribution in [0.3, 0.4) is 0 Å². The number of hydrogen-bond donors (Lipinski definition) is 1. The van der Waals surface area contributed by atoms with Crippen LogP contribution < -0.4 is 5.32 Å². The molecular formula is C13H16BrF3N2. The van der Waals surface area contributed by atoms with Gasteiger partial charge in [-0.05, 0) is 31.0 Å². The minimum absolute atomic E-state index is 0.249. The molecule has 0 aromatic heterocycles. The number of nitrogens with one attached hydrogen (secondary N) is 1. The molecule has 106 valence electrons. The molecule has 2 rings (SSSR count). The quantitative estimate of drug-likeness (QED) is 0.900. The van der Waals surface area contributed by atoms with Crippen LogP contribution in [0, 0.1) is 0 Å². The van der Waals surface area contributed by atoms with Gasteiger partial charge < -0.3 is 5.32 Å². The van der Waals surface area contributed by atoms with E-state index >= 15 is 0 Å². The number of anilines is 1. The molecule has 19 heavy (non-hydrogen) atoms. The molecule has 6 heteroatoms. The van der Waals surface area contributed by atoms with Crippen LogP contribution in [0.15, 0.2) is 28.7 Å². The van der Waals surface area contributed by atoms with Crippen molar-refractivity contribution in [3.8, 4) is 0 Å². The molecule has 1 aromatic carbocycles. The Labute approximate surface area is 119 Å². The Kier molecular flexibility index (Phi) is 4.73. The number of piperidine rings is 1. The summed E-state index contributed by atoms with van der Waals surface area (Å²) in [5.41, 5.74) is 1.00. The molecule has 2 nitrogen and oxygen atoms in total. The third-order valence-electron chi connectivity index (χ3n) is 3.19. The largest absolute Gasteiger partial charge is 0.401 e. The summed E-state index contributed by atoms with van der Waals surface area (Å²) in [5.74, 6) is 0. The monoisotopic (exact) mass is 336 g/mol. The Balaban J connectivity index is 1.80. The summed E-state index contributed by atoms with van der Waals surface area (Å²) in [7, 11) is 0. The molecule has 1 aromatic rings. The standard InChI is InChI=1S/C13H16BrF3N2/c14-10-2-1-3-12(8-10)18-11-4-6-19(7-5-11)9-13(15,16)17/h1-3,8,11,18H,4-7,9H2. The van der Waals surface area contributed by atoms with E-state index in [9.17, 15) is 13.2 Å². The first-order valence-electron chi connectivity index (χ1n) is 6.23. The van der Waals surface area contributed by atoms with Gasteiger partial charge in [0.1, 0.15) is 0 Å². The number of likely N-dealkylation sites (tertiary alicyclic amines) is 1. The van der Waals surface area contributed by atoms with E-state index in [1.165, 1.54) is 4.90 Å². The van der Waals surface area contributed by atoms with Crippen molar-refractivity contribution in [3.05, 3.63) is 28.7 Å². The molecule has 1 aliphatic heterocycles. The maximum atomic E-state index is 12.3. The van der Waals surface area contributed by atoms with Gasteiger partial charge in [-0.1, -0.05) is 22.0 Å². The second-order valence-corrected chi connectivity index (χ2v) is 5.74. The van der Waals surface area contributed by atoms with Crippen LogP contribution in [-0.4, -0.2) is 36.8 Å². The van der Waals surface area contributed by atoms with Gasteiger partial charge in [-0.25, -0.2) is 0 Å². The van der Waals surface area contributed by atoms with Gasteiger partial charge in [0.25, 0.3) is 0 Å². The van der Waals surface area contributed by atoms with E-state index in [-0.39, 0.29) is 6.04 Å². The van der Waals surface area contributed by atoms with Crippen molar-refractivity contribution >= 4 is 21.6 Å². The highest BCUT2D eigenvalue weighted by Crippen LogP contribution is 2.22. The Bertz CT molecular complexity index is 415. The third-order valence-corrected chi connectivity index (χ3v) is 3.68. The molecule has 0 saturated carbocycles. The fourth-order valence-electron chi connectivity index (χ4n) is 2.30. The molecule has 1 N–H and O–H groups in total. The van der Waals surface area contributed by atoms with Crippen LogP contribution in [0.5, 0.6) is 0 Å². The summed E-state index contributed by atoms with van der Waals surface area (Å²) in [6.45, 7) is 0.187. The molecule has 1 saturated heterocycles. The van der Waals surface area contributed by atoms with Crippen molar-refractivity contribution in [2.24, 2.45) is 0 Å².